The fourth-order valence-electron chi connectivity index (χ4n) is 3.10. The Labute approximate surface area is 162 Å². The number of fused-ring (bicyclic) bond motifs is 1. The van der Waals surface area contributed by atoms with E-state index < -0.39 is 12.1 Å². The van der Waals surface area contributed by atoms with Crippen LogP contribution in [0.2, 0.25) is 0 Å². The molecular formula is C23H18N2O3. The zero-order valence-corrected chi connectivity index (χ0v) is 15.1. The number of imidazole rings is 1. The van der Waals surface area contributed by atoms with Crippen LogP contribution in [0.15, 0.2) is 91.3 Å². The number of hydrogen-bond acceptors (Lipinski definition) is 4. The Hall–Kier alpha value is -3.73. The maximum Gasteiger partial charge on any atom is 0.327 e. The van der Waals surface area contributed by atoms with E-state index in [4.69, 9.17) is 4.74 Å². The van der Waals surface area contributed by atoms with Gasteiger partial charge in [-0.15, -0.1) is 0 Å². The molecule has 0 N–H and O–H groups in total. The van der Waals surface area contributed by atoms with Gasteiger partial charge in [0.05, 0.1) is 17.4 Å². The summed E-state index contributed by atoms with van der Waals surface area (Å²) >= 11 is 0. The summed E-state index contributed by atoms with van der Waals surface area (Å²) in [6, 6.07) is 25.4. The van der Waals surface area contributed by atoms with Gasteiger partial charge >= 0.3 is 5.97 Å². The molecule has 4 rings (SSSR count). The van der Waals surface area contributed by atoms with Crippen molar-refractivity contribution in [2.24, 2.45) is 0 Å². The van der Waals surface area contributed by atoms with E-state index in [9.17, 15) is 9.59 Å². The van der Waals surface area contributed by atoms with Gasteiger partial charge in [-0.05, 0) is 12.1 Å². The van der Waals surface area contributed by atoms with Crippen molar-refractivity contribution in [2.45, 2.75) is 12.6 Å². The van der Waals surface area contributed by atoms with E-state index in [1.165, 1.54) is 0 Å². The number of Topliss-reactive ketones (excluding diaryl/α,β-unsaturated/α-hetero) is 1. The average Bonchev–Trinajstić information content (AvgIpc) is 3.15. The fourth-order valence-corrected chi connectivity index (χ4v) is 3.10. The van der Waals surface area contributed by atoms with Gasteiger partial charge in [-0.2, -0.15) is 0 Å². The molecule has 0 bridgehead atoms. The highest BCUT2D eigenvalue weighted by Crippen LogP contribution is 2.23. The van der Waals surface area contributed by atoms with E-state index in [2.05, 4.69) is 4.98 Å². The van der Waals surface area contributed by atoms with Crippen molar-refractivity contribution in [3.05, 3.63) is 102 Å². The first-order chi connectivity index (χ1) is 13.7. The maximum atomic E-state index is 13.0. The largest absolute Gasteiger partial charge is 0.448 e. The second-order valence-corrected chi connectivity index (χ2v) is 6.37. The summed E-state index contributed by atoms with van der Waals surface area (Å²) < 4.78 is 7.35. The molecule has 1 unspecified atom stereocenters. The van der Waals surface area contributed by atoms with Gasteiger partial charge in [-0.3, -0.25) is 9.59 Å². The molecule has 0 saturated carbocycles. The van der Waals surface area contributed by atoms with Crippen molar-refractivity contribution in [1.29, 1.82) is 0 Å². The molecule has 0 fully saturated rings. The molecule has 1 atom stereocenters. The number of ketones is 1. The van der Waals surface area contributed by atoms with Crippen LogP contribution in [0.25, 0.3) is 11.0 Å². The lowest BCUT2D eigenvalue weighted by molar-refractivity contribution is -0.148. The van der Waals surface area contributed by atoms with Gasteiger partial charge in [-0.25, -0.2) is 4.98 Å². The van der Waals surface area contributed by atoms with Crippen molar-refractivity contribution in [3.8, 4) is 0 Å². The normalized spacial score (nSPS) is 11.9. The summed E-state index contributed by atoms with van der Waals surface area (Å²) in [5.74, 6) is -0.753. The summed E-state index contributed by atoms with van der Waals surface area (Å²) in [5, 5.41) is 0. The molecule has 0 amide bonds. The van der Waals surface area contributed by atoms with Gasteiger partial charge in [0.25, 0.3) is 0 Å². The molecule has 28 heavy (non-hydrogen) atoms. The van der Waals surface area contributed by atoms with Gasteiger partial charge in [0.1, 0.15) is 6.54 Å². The highest BCUT2D eigenvalue weighted by Gasteiger charge is 2.26. The Kier molecular flexibility index (Phi) is 4.97. The lowest BCUT2D eigenvalue weighted by Crippen LogP contribution is -2.22. The zero-order chi connectivity index (χ0) is 19.3. The average molecular weight is 370 g/mol. The Balaban J connectivity index is 1.58. The maximum absolute atomic E-state index is 13.0. The second kappa shape index (κ2) is 7.88. The van der Waals surface area contributed by atoms with Crippen LogP contribution in [-0.4, -0.2) is 21.3 Å². The first-order valence-electron chi connectivity index (χ1n) is 8.96. The van der Waals surface area contributed by atoms with Crippen molar-refractivity contribution in [2.75, 3.05) is 0 Å². The number of hydrogen-bond donors (Lipinski definition) is 0. The van der Waals surface area contributed by atoms with Crippen LogP contribution < -0.4 is 0 Å². The summed E-state index contributed by atoms with van der Waals surface area (Å²) in [6.07, 6.45) is 0.605. The highest BCUT2D eigenvalue weighted by molar-refractivity contribution is 6.01. The van der Waals surface area contributed by atoms with Crippen molar-refractivity contribution in [3.63, 3.8) is 0 Å². The third-order valence-corrected chi connectivity index (χ3v) is 4.47. The number of rotatable bonds is 6. The number of nitrogens with zero attached hydrogens (tertiary/aromatic N) is 2. The van der Waals surface area contributed by atoms with Crippen LogP contribution in [0.3, 0.4) is 0 Å². The molecule has 5 heteroatoms. The van der Waals surface area contributed by atoms with E-state index in [1.807, 2.05) is 48.5 Å². The molecular weight excluding hydrogens is 352 g/mol. The third kappa shape index (κ3) is 3.69. The summed E-state index contributed by atoms with van der Waals surface area (Å²) in [6.45, 7) is -0.0219. The smallest absolute Gasteiger partial charge is 0.327 e. The number of aromatic nitrogens is 2. The molecule has 5 nitrogen and oxygen atoms in total. The third-order valence-electron chi connectivity index (χ3n) is 4.47. The number of carbonyl (C=O) groups excluding carboxylic acids is 2. The van der Waals surface area contributed by atoms with Crippen molar-refractivity contribution < 1.29 is 14.3 Å². The second-order valence-electron chi connectivity index (χ2n) is 6.37. The number of para-hydroxylation sites is 2. The molecule has 0 aliphatic heterocycles. The lowest BCUT2D eigenvalue weighted by Gasteiger charge is -2.18. The monoisotopic (exact) mass is 370 g/mol. The van der Waals surface area contributed by atoms with E-state index in [0.29, 0.717) is 11.1 Å². The minimum Gasteiger partial charge on any atom is -0.448 e. The van der Waals surface area contributed by atoms with Crippen LogP contribution in [0.1, 0.15) is 22.0 Å². The number of benzene rings is 3. The van der Waals surface area contributed by atoms with E-state index >= 15 is 0 Å². The highest BCUT2D eigenvalue weighted by atomic mass is 16.5. The molecule has 0 aliphatic rings. The summed E-state index contributed by atoms with van der Waals surface area (Å²) in [4.78, 5) is 29.9. The molecule has 1 heterocycles. The Morgan fingerprint density at radius 2 is 1.50 bits per heavy atom. The molecule has 4 aromatic rings. The van der Waals surface area contributed by atoms with Gasteiger partial charge < -0.3 is 9.30 Å². The van der Waals surface area contributed by atoms with Gasteiger partial charge in [0.15, 0.2) is 6.10 Å². The molecule has 138 valence electrons. The minimum absolute atomic E-state index is 0.0219. The molecule has 0 spiro atoms. The van der Waals surface area contributed by atoms with E-state index in [0.717, 1.165) is 11.0 Å². The Morgan fingerprint density at radius 3 is 2.25 bits per heavy atom. The van der Waals surface area contributed by atoms with Crippen LogP contribution >= 0.6 is 0 Å². The standard InChI is InChI=1S/C23H18N2O3/c26-21(15-25-16-24-19-13-7-8-14-20(19)25)28-23(18-11-5-2-6-12-18)22(27)17-9-3-1-4-10-17/h1-14,16,23H,15H2. The van der Waals surface area contributed by atoms with Crippen LogP contribution in [0, 0.1) is 0 Å². The summed E-state index contributed by atoms with van der Waals surface area (Å²) in [7, 11) is 0. The zero-order valence-electron chi connectivity index (χ0n) is 15.1. The molecule has 3 aromatic carbocycles. The van der Waals surface area contributed by atoms with E-state index in [-0.39, 0.29) is 12.3 Å². The van der Waals surface area contributed by atoms with Crippen molar-refractivity contribution in [1.82, 2.24) is 9.55 Å². The topological polar surface area (TPSA) is 61.2 Å². The lowest BCUT2D eigenvalue weighted by atomic mass is 10.00. The number of ether oxygens (including phenoxy) is 1. The molecule has 0 aliphatic carbocycles. The molecule has 0 saturated heterocycles. The van der Waals surface area contributed by atoms with Gasteiger partial charge in [0.2, 0.25) is 5.78 Å². The van der Waals surface area contributed by atoms with E-state index in [1.54, 1.807) is 47.3 Å². The minimum atomic E-state index is -0.995. The summed E-state index contributed by atoms with van der Waals surface area (Å²) in [5.41, 5.74) is 2.78. The predicted octanol–water partition coefficient (Wildman–Crippen LogP) is 4.20. The van der Waals surface area contributed by atoms with Crippen LogP contribution in [0.4, 0.5) is 0 Å². The SMILES string of the molecule is O=C(Cn1cnc2ccccc21)OC(C(=O)c1ccccc1)c1ccccc1. The molecule has 0 radical (unpaired) electrons. The van der Waals surface area contributed by atoms with Gasteiger partial charge in [0, 0.05) is 11.1 Å². The van der Waals surface area contributed by atoms with Gasteiger partial charge in [-0.1, -0.05) is 72.8 Å². The Bertz CT molecular complexity index is 1100. The number of carbonyl (C=O) groups is 2. The molecule has 1 aromatic heterocycles. The number of esters is 1. The Morgan fingerprint density at radius 1 is 0.857 bits per heavy atom. The van der Waals surface area contributed by atoms with Crippen molar-refractivity contribution >= 4 is 22.8 Å². The predicted molar refractivity (Wildman–Crippen MR) is 106 cm³/mol. The first kappa shape index (κ1) is 17.7. The first-order valence-corrected chi connectivity index (χ1v) is 8.96. The van der Waals surface area contributed by atoms with Crippen LogP contribution in [-0.2, 0) is 16.1 Å². The fraction of sp³-hybridized carbons (Fsp3) is 0.0870. The van der Waals surface area contributed by atoms with Crippen LogP contribution in [0.5, 0.6) is 0 Å². The quantitative estimate of drug-likeness (QED) is 0.377.